The van der Waals surface area contributed by atoms with Gasteiger partial charge in [-0.05, 0) is 43.0 Å². The maximum atomic E-state index is 6.06. The van der Waals surface area contributed by atoms with E-state index >= 15 is 0 Å². The van der Waals surface area contributed by atoms with E-state index in [1.165, 1.54) is 0 Å². The summed E-state index contributed by atoms with van der Waals surface area (Å²) in [7, 11) is 1.64. The van der Waals surface area contributed by atoms with Crippen molar-refractivity contribution in [1.29, 1.82) is 0 Å². The Kier molecular flexibility index (Phi) is 5.22. The number of fused-ring (bicyclic) bond motifs is 1. The third kappa shape index (κ3) is 3.98. The fourth-order valence-corrected chi connectivity index (χ4v) is 3.46. The van der Waals surface area contributed by atoms with E-state index in [1.54, 1.807) is 19.6 Å². The minimum absolute atomic E-state index is 0.412. The summed E-state index contributed by atoms with van der Waals surface area (Å²) < 4.78 is 7.05. The molecule has 1 unspecified atom stereocenters. The zero-order valence-electron chi connectivity index (χ0n) is 15.8. The van der Waals surface area contributed by atoms with Gasteiger partial charge in [-0.25, -0.2) is 4.98 Å². The first-order valence-corrected chi connectivity index (χ1v) is 9.33. The highest BCUT2D eigenvalue weighted by Gasteiger charge is 2.23. The van der Waals surface area contributed by atoms with Crippen LogP contribution in [0.15, 0.2) is 48.0 Å². The first-order chi connectivity index (χ1) is 13.7. The number of hydrogen-bond donors (Lipinski definition) is 2. The highest BCUT2D eigenvalue weighted by Crippen LogP contribution is 2.24. The molecule has 1 aromatic carbocycles. The number of methoxy groups -OCH3 is 1. The number of piperidine rings is 1. The second-order valence-electron chi connectivity index (χ2n) is 6.85. The van der Waals surface area contributed by atoms with Gasteiger partial charge in [0.25, 0.3) is 0 Å². The van der Waals surface area contributed by atoms with Crippen LogP contribution in [0.5, 0.6) is 5.75 Å². The smallest absolute Gasteiger partial charge is 0.203 e. The number of nitrogens with zero attached hydrogens (tertiary/aromatic N) is 6. The van der Waals surface area contributed by atoms with Crippen molar-refractivity contribution in [3.05, 3.63) is 43.0 Å². The first kappa shape index (κ1) is 18.0. The van der Waals surface area contributed by atoms with Gasteiger partial charge in [-0.2, -0.15) is 0 Å². The molecule has 3 heterocycles. The Morgan fingerprint density at radius 3 is 3.04 bits per heavy atom. The minimum atomic E-state index is 0.412. The zero-order valence-corrected chi connectivity index (χ0v) is 15.8. The second-order valence-corrected chi connectivity index (χ2v) is 6.85. The molecular formula is C19H24N8O. The van der Waals surface area contributed by atoms with Gasteiger partial charge in [-0.1, -0.05) is 0 Å². The number of rotatable bonds is 5. The van der Waals surface area contributed by atoms with Gasteiger partial charge in [0.1, 0.15) is 12.1 Å². The van der Waals surface area contributed by atoms with Crippen molar-refractivity contribution in [2.24, 2.45) is 16.6 Å². The fourth-order valence-electron chi connectivity index (χ4n) is 3.46. The van der Waals surface area contributed by atoms with Crippen LogP contribution >= 0.6 is 0 Å². The van der Waals surface area contributed by atoms with Crippen LogP contribution in [0.3, 0.4) is 0 Å². The number of nitrogens with one attached hydrogen (secondary N) is 1. The quantitative estimate of drug-likeness (QED) is 0.513. The molecule has 0 amide bonds. The molecule has 1 fully saturated rings. The summed E-state index contributed by atoms with van der Waals surface area (Å²) in [5, 5.41) is 11.3. The Hall–Kier alpha value is -3.36. The van der Waals surface area contributed by atoms with Crippen molar-refractivity contribution in [2.45, 2.75) is 12.8 Å². The largest absolute Gasteiger partial charge is 0.497 e. The lowest BCUT2D eigenvalue weighted by Crippen LogP contribution is -2.38. The molecule has 146 valence electrons. The van der Waals surface area contributed by atoms with Gasteiger partial charge in [0.2, 0.25) is 5.65 Å². The number of aliphatic imine (C=N–C) groups is 1. The lowest BCUT2D eigenvalue weighted by atomic mass is 9.98. The number of guanidine groups is 1. The van der Waals surface area contributed by atoms with Crippen LogP contribution in [0.2, 0.25) is 0 Å². The van der Waals surface area contributed by atoms with Crippen molar-refractivity contribution in [1.82, 2.24) is 19.6 Å². The first-order valence-electron chi connectivity index (χ1n) is 9.33. The molecule has 1 aliphatic heterocycles. The van der Waals surface area contributed by atoms with Crippen LogP contribution in [-0.4, -0.2) is 52.3 Å². The Morgan fingerprint density at radius 1 is 1.36 bits per heavy atom. The number of hydrogen-bond acceptors (Lipinski definition) is 6. The molecule has 0 saturated carbocycles. The highest BCUT2D eigenvalue weighted by atomic mass is 16.5. The van der Waals surface area contributed by atoms with E-state index in [9.17, 15) is 0 Å². The van der Waals surface area contributed by atoms with Crippen molar-refractivity contribution >= 4 is 23.1 Å². The van der Waals surface area contributed by atoms with Crippen molar-refractivity contribution in [2.75, 3.05) is 37.0 Å². The Morgan fingerprint density at radius 2 is 2.21 bits per heavy atom. The molecule has 28 heavy (non-hydrogen) atoms. The fraction of sp³-hybridized carbons (Fsp3) is 0.368. The van der Waals surface area contributed by atoms with E-state index in [2.05, 4.69) is 30.4 Å². The van der Waals surface area contributed by atoms with E-state index in [4.69, 9.17) is 10.5 Å². The normalized spacial score (nSPS) is 17.7. The number of nitrogens with two attached hydrogens (primary N) is 1. The summed E-state index contributed by atoms with van der Waals surface area (Å²) in [6.07, 6.45) is 7.53. The zero-order chi connectivity index (χ0) is 19.3. The molecule has 1 saturated heterocycles. The predicted octanol–water partition coefficient (Wildman–Crippen LogP) is 1.78. The van der Waals surface area contributed by atoms with Gasteiger partial charge >= 0.3 is 0 Å². The molecule has 3 N–H and O–H groups in total. The van der Waals surface area contributed by atoms with Crippen molar-refractivity contribution < 1.29 is 4.74 Å². The average Bonchev–Trinajstić information content (AvgIpc) is 3.22. The van der Waals surface area contributed by atoms with Crippen LogP contribution in [-0.2, 0) is 0 Å². The molecule has 0 aliphatic carbocycles. The number of benzene rings is 1. The minimum Gasteiger partial charge on any atom is -0.497 e. The molecule has 1 aliphatic rings. The molecular weight excluding hydrogens is 356 g/mol. The summed E-state index contributed by atoms with van der Waals surface area (Å²) in [5.41, 5.74) is 7.73. The Bertz CT molecular complexity index is 952. The monoisotopic (exact) mass is 380 g/mol. The molecule has 9 nitrogen and oxygen atoms in total. The van der Waals surface area contributed by atoms with E-state index < -0.39 is 0 Å². The van der Waals surface area contributed by atoms with Crippen LogP contribution in [0.25, 0.3) is 5.65 Å². The molecule has 0 radical (unpaired) electrons. The molecule has 2 aromatic heterocycles. The SMILES string of the molecule is COc1ccc(NC(N)=NCC2CCCN(c3nccn4cnnc34)C2)cc1. The Labute approximate surface area is 163 Å². The van der Waals surface area contributed by atoms with E-state index in [0.29, 0.717) is 18.4 Å². The van der Waals surface area contributed by atoms with Crippen molar-refractivity contribution in [3.63, 3.8) is 0 Å². The third-order valence-corrected chi connectivity index (χ3v) is 4.90. The van der Waals surface area contributed by atoms with Gasteiger partial charge in [0.05, 0.1) is 7.11 Å². The summed E-state index contributed by atoms with van der Waals surface area (Å²) in [6.45, 7) is 2.50. The van der Waals surface area contributed by atoms with Crippen LogP contribution < -0.4 is 20.7 Å². The molecule has 0 spiro atoms. The van der Waals surface area contributed by atoms with Crippen LogP contribution in [0.4, 0.5) is 11.5 Å². The van der Waals surface area contributed by atoms with Gasteiger partial charge < -0.3 is 20.7 Å². The average molecular weight is 380 g/mol. The summed E-state index contributed by atoms with van der Waals surface area (Å²) in [6, 6.07) is 7.59. The van der Waals surface area contributed by atoms with E-state index in [-0.39, 0.29) is 0 Å². The Balaban J connectivity index is 1.38. The number of anilines is 2. The number of aromatic nitrogens is 4. The summed E-state index contributed by atoms with van der Waals surface area (Å²) in [5.74, 6) is 2.51. The summed E-state index contributed by atoms with van der Waals surface area (Å²) >= 11 is 0. The maximum absolute atomic E-state index is 6.06. The van der Waals surface area contributed by atoms with Gasteiger partial charge in [-0.3, -0.25) is 9.39 Å². The van der Waals surface area contributed by atoms with Crippen molar-refractivity contribution in [3.8, 4) is 5.75 Å². The second kappa shape index (κ2) is 8.12. The van der Waals surface area contributed by atoms with E-state index in [1.807, 2.05) is 34.9 Å². The number of ether oxygens (including phenoxy) is 1. The maximum Gasteiger partial charge on any atom is 0.203 e. The summed E-state index contributed by atoms with van der Waals surface area (Å²) in [4.78, 5) is 11.3. The van der Waals surface area contributed by atoms with Gasteiger partial charge in [-0.15, -0.1) is 10.2 Å². The van der Waals surface area contributed by atoms with Crippen LogP contribution in [0, 0.1) is 5.92 Å². The standard InChI is InChI=1S/C19H24N8O/c1-28-16-6-4-15(5-7-16)24-19(20)22-11-14-3-2-9-26(12-14)17-18-25-23-13-27(18)10-8-21-17/h4-8,10,13-14H,2-3,9,11-12H2,1H3,(H3,20,22,24). The molecule has 9 heteroatoms. The van der Waals surface area contributed by atoms with Gasteiger partial charge in [0.15, 0.2) is 11.8 Å². The molecule has 0 bridgehead atoms. The lowest BCUT2D eigenvalue weighted by Gasteiger charge is -2.32. The van der Waals surface area contributed by atoms with Crippen LogP contribution in [0.1, 0.15) is 12.8 Å². The predicted molar refractivity (Wildman–Crippen MR) is 109 cm³/mol. The highest BCUT2D eigenvalue weighted by molar-refractivity contribution is 5.92. The molecule has 4 rings (SSSR count). The molecule has 3 aromatic rings. The lowest BCUT2D eigenvalue weighted by molar-refractivity contribution is 0.415. The third-order valence-electron chi connectivity index (χ3n) is 4.90. The topological polar surface area (TPSA) is 106 Å². The van der Waals surface area contributed by atoms with E-state index in [0.717, 1.165) is 48.8 Å². The molecule has 1 atom stereocenters. The van der Waals surface area contributed by atoms with Gasteiger partial charge in [0, 0.05) is 37.7 Å².